The second-order valence-corrected chi connectivity index (χ2v) is 9.29. The fourth-order valence-electron chi connectivity index (χ4n) is 4.17. The number of nitrogens with zero attached hydrogens (tertiary/aromatic N) is 3. The maximum absolute atomic E-state index is 12.7. The number of imidazole rings is 1. The minimum absolute atomic E-state index is 0.0161. The number of ether oxygens (including phenoxy) is 1. The minimum Gasteiger partial charge on any atom is -0.444 e. The van der Waals surface area contributed by atoms with Crippen molar-refractivity contribution in [3.05, 3.63) is 28.5 Å². The zero-order chi connectivity index (χ0) is 24.7. The van der Waals surface area contributed by atoms with Crippen LogP contribution in [0.1, 0.15) is 45.4 Å². The highest BCUT2D eigenvalue weighted by Gasteiger charge is 2.25. The van der Waals surface area contributed by atoms with Crippen LogP contribution in [-0.2, 0) is 16.1 Å². The summed E-state index contributed by atoms with van der Waals surface area (Å²) in [7, 11) is 0. The second-order valence-electron chi connectivity index (χ2n) is 8.48. The molecule has 2 atom stereocenters. The van der Waals surface area contributed by atoms with Gasteiger partial charge in [-0.15, -0.1) is 0 Å². The van der Waals surface area contributed by atoms with Crippen LogP contribution < -0.4 is 16.5 Å². The Morgan fingerprint density at radius 3 is 2.68 bits per heavy atom. The molecule has 184 valence electrons. The second kappa shape index (κ2) is 12.0. The minimum atomic E-state index is -0.856. The van der Waals surface area contributed by atoms with E-state index in [0.29, 0.717) is 34.4 Å². The first-order valence-electron chi connectivity index (χ1n) is 11.1. The number of halogens is 2. The number of nitrogens with one attached hydrogen (secondary N) is 2. The van der Waals surface area contributed by atoms with Gasteiger partial charge in [0.1, 0.15) is 11.9 Å². The van der Waals surface area contributed by atoms with Crippen molar-refractivity contribution in [1.29, 1.82) is 0 Å². The monoisotopic (exact) mass is 510 g/mol. The van der Waals surface area contributed by atoms with Crippen molar-refractivity contribution in [3.8, 4) is 0 Å². The molecule has 0 bridgehead atoms. The van der Waals surface area contributed by atoms with E-state index in [1.807, 2.05) is 9.99 Å². The molecule has 3 amide bonds. The number of carbonyl (C=O) groups excluding carboxylic acids is 3. The van der Waals surface area contributed by atoms with Gasteiger partial charge < -0.3 is 20.4 Å². The first-order chi connectivity index (χ1) is 16.2. The fraction of sp³-hybridized carbons (Fsp3) is 0.500. The number of nitrogens with two attached hydrogens (primary N) is 1. The Hall–Kier alpha value is -2.85. The van der Waals surface area contributed by atoms with Gasteiger partial charge in [0, 0.05) is 12.6 Å². The van der Waals surface area contributed by atoms with Gasteiger partial charge in [-0.25, -0.2) is 20.0 Å². The maximum atomic E-state index is 12.7. The standard InChI is InChI=1S/C22H28Cl2N6O4/c1-13(31)6-15(10-27-29-21(25)32)28-22(33)34-16(7-14-4-2-3-5-14)11-30-12-26-19-8-17(23)18(24)9-20(19)30/h8-10,12,14-16H,2-7,11H2,1H3,(H,28,33)(H3,25,29,32)/b27-10+/t15-,16-/m0/s1. The number of hydrogen-bond acceptors (Lipinski definition) is 6. The van der Waals surface area contributed by atoms with E-state index in [1.54, 1.807) is 18.5 Å². The van der Waals surface area contributed by atoms with Crippen LogP contribution in [0.4, 0.5) is 9.59 Å². The van der Waals surface area contributed by atoms with E-state index >= 15 is 0 Å². The number of ketones is 1. The number of rotatable bonds is 10. The van der Waals surface area contributed by atoms with Crippen LogP contribution in [0.15, 0.2) is 23.6 Å². The molecule has 0 spiro atoms. The summed E-state index contributed by atoms with van der Waals surface area (Å²) in [4.78, 5) is 39.5. The number of hydrogen-bond donors (Lipinski definition) is 3. The number of benzene rings is 1. The van der Waals surface area contributed by atoms with E-state index in [1.165, 1.54) is 13.1 Å². The Morgan fingerprint density at radius 2 is 2.00 bits per heavy atom. The highest BCUT2D eigenvalue weighted by Crippen LogP contribution is 2.31. The number of primary amides is 1. The van der Waals surface area contributed by atoms with Crippen LogP contribution in [0.3, 0.4) is 0 Å². The van der Waals surface area contributed by atoms with E-state index in [0.717, 1.165) is 31.2 Å². The van der Waals surface area contributed by atoms with E-state index in [2.05, 4.69) is 15.4 Å². The highest BCUT2D eigenvalue weighted by molar-refractivity contribution is 6.42. The number of carbonyl (C=O) groups is 3. The number of amides is 3. The molecule has 0 unspecified atom stereocenters. The molecule has 1 heterocycles. The van der Waals surface area contributed by atoms with Crippen LogP contribution in [0.5, 0.6) is 0 Å². The summed E-state index contributed by atoms with van der Waals surface area (Å²) in [6, 6.07) is 1.82. The predicted molar refractivity (Wildman–Crippen MR) is 130 cm³/mol. The van der Waals surface area contributed by atoms with E-state index in [9.17, 15) is 14.4 Å². The third-order valence-electron chi connectivity index (χ3n) is 5.65. The summed E-state index contributed by atoms with van der Waals surface area (Å²) in [5.74, 6) is 0.290. The van der Waals surface area contributed by atoms with Crippen molar-refractivity contribution in [1.82, 2.24) is 20.3 Å². The van der Waals surface area contributed by atoms with Crippen molar-refractivity contribution >= 4 is 58.4 Å². The van der Waals surface area contributed by atoms with Crippen molar-refractivity contribution in [2.24, 2.45) is 16.8 Å². The zero-order valence-corrected chi connectivity index (χ0v) is 20.3. The molecule has 1 fully saturated rings. The van der Waals surface area contributed by atoms with Crippen LogP contribution in [0.25, 0.3) is 11.0 Å². The molecule has 1 saturated carbocycles. The van der Waals surface area contributed by atoms with E-state index in [-0.39, 0.29) is 12.2 Å². The Kier molecular flexibility index (Phi) is 9.12. The third kappa shape index (κ3) is 7.59. The van der Waals surface area contributed by atoms with E-state index < -0.39 is 24.3 Å². The SMILES string of the molecule is CC(=O)C[C@@H](/C=N/NC(N)=O)NC(=O)O[C@@H](CC1CCCC1)Cn1cnc2cc(Cl)c(Cl)cc21. The maximum Gasteiger partial charge on any atom is 0.408 e. The van der Waals surface area contributed by atoms with Crippen molar-refractivity contribution in [2.45, 2.75) is 64.1 Å². The highest BCUT2D eigenvalue weighted by atomic mass is 35.5. The number of hydrazone groups is 1. The lowest BCUT2D eigenvalue weighted by atomic mass is 10.00. The van der Waals surface area contributed by atoms with E-state index in [4.69, 9.17) is 33.7 Å². The van der Waals surface area contributed by atoms with Gasteiger partial charge in [0.15, 0.2) is 0 Å². The molecule has 1 aromatic heterocycles. The smallest absolute Gasteiger partial charge is 0.408 e. The molecule has 10 nitrogen and oxygen atoms in total. The van der Waals surface area contributed by atoms with Gasteiger partial charge >= 0.3 is 12.1 Å². The lowest BCUT2D eigenvalue weighted by molar-refractivity contribution is -0.117. The number of fused-ring (bicyclic) bond motifs is 1. The summed E-state index contributed by atoms with van der Waals surface area (Å²) in [5, 5.41) is 7.10. The lowest BCUT2D eigenvalue weighted by Gasteiger charge is -2.23. The molecule has 2 aromatic rings. The molecule has 0 saturated heterocycles. The first kappa shape index (κ1) is 25.8. The topological polar surface area (TPSA) is 141 Å². The quantitative estimate of drug-likeness (QED) is 0.326. The number of Topliss-reactive ketones (excluding diaryl/α,β-unsaturated/α-hetero) is 1. The van der Waals surface area contributed by atoms with Crippen molar-refractivity contribution in [3.63, 3.8) is 0 Å². The summed E-state index contributed by atoms with van der Waals surface area (Å²) in [6.07, 6.45) is 6.96. The van der Waals surface area contributed by atoms with Crippen molar-refractivity contribution in [2.75, 3.05) is 0 Å². The number of alkyl carbamates (subject to hydrolysis) is 1. The molecule has 1 aliphatic carbocycles. The Bertz CT molecular complexity index is 1070. The van der Waals surface area contributed by atoms with Crippen LogP contribution in [0, 0.1) is 5.92 Å². The Labute approximate surface area is 207 Å². The van der Waals surface area contributed by atoms with Gasteiger partial charge in [-0.05, 0) is 31.4 Å². The van der Waals surface area contributed by atoms with Gasteiger partial charge in [-0.2, -0.15) is 5.10 Å². The molecule has 3 rings (SSSR count). The number of urea groups is 1. The molecule has 1 aromatic carbocycles. The summed E-state index contributed by atoms with van der Waals surface area (Å²) < 4.78 is 7.67. The van der Waals surface area contributed by atoms with Crippen LogP contribution in [0.2, 0.25) is 10.0 Å². The molecule has 4 N–H and O–H groups in total. The van der Waals surface area contributed by atoms with Crippen LogP contribution in [-0.4, -0.2) is 45.8 Å². The molecular formula is C22H28Cl2N6O4. The first-order valence-corrected chi connectivity index (χ1v) is 11.8. The fourth-order valence-corrected chi connectivity index (χ4v) is 4.49. The molecular weight excluding hydrogens is 483 g/mol. The Morgan fingerprint density at radius 1 is 1.29 bits per heavy atom. The molecule has 34 heavy (non-hydrogen) atoms. The average molecular weight is 511 g/mol. The average Bonchev–Trinajstić information content (AvgIpc) is 3.38. The summed E-state index contributed by atoms with van der Waals surface area (Å²) in [6.45, 7) is 1.77. The normalized spacial score (nSPS) is 16.0. The van der Waals surface area contributed by atoms with Gasteiger partial charge in [0.25, 0.3) is 0 Å². The summed E-state index contributed by atoms with van der Waals surface area (Å²) >= 11 is 12.3. The van der Waals surface area contributed by atoms with Gasteiger partial charge in [0.05, 0.1) is 40.0 Å². The van der Waals surface area contributed by atoms with Gasteiger partial charge in [0.2, 0.25) is 0 Å². The Balaban J connectivity index is 1.72. The summed E-state index contributed by atoms with van der Waals surface area (Å²) in [5.41, 5.74) is 8.50. The molecule has 12 heteroatoms. The molecule has 1 aliphatic rings. The molecule has 0 radical (unpaired) electrons. The largest absolute Gasteiger partial charge is 0.444 e. The predicted octanol–water partition coefficient (Wildman–Crippen LogP) is 4.02. The van der Waals surface area contributed by atoms with Gasteiger partial charge in [-0.1, -0.05) is 48.9 Å². The van der Waals surface area contributed by atoms with Crippen molar-refractivity contribution < 1.29 is 19.1 Å². The number of aromatic nitrogens is 2. The molecule has 0 aliphatic heterocycles. The van der Waals surface area contributed by atoms with Crippen LogP contribution >= 0.6 is 23.2 Å². The zero-order valence-electron chi connectivity index (χ0n) is 18.8. The lowest BCUT2D eigenvalue weighted by Crippen LogP contribution is -2.41. The van der Waals surface area contributed by atoms with Gasteiger partial charge in [-0.3, -0.25) is 4.79 Å². The third-order valence-corrected chi connectivity index (χ3v) is 6.37.